The van der Waals surface area contributed by atoms with E-state index in [2.05, 4.69) is 15.8 Å². The van der Waals surface area contributed by atoms with Crippen molar-refractivity contribution in [3.05, 3.63) is 59.7 Å². The average Bonchev–Trinajstić information content (AvgIpc) is 2.72. The van der Waals surface area contributed by atoms with Crippen molar-refractivity contribution in [1.29, 1.82) is 0 Å². The molecule has 0 saturated heterocycles. The summed E-state index contributed by atoms with van der Waals surface area (Å²) in [6.07, 6.45) is 0.513. The largest absolute Gasteiger partial charge is 0.485 e. The quantitative estimate of drug-likeness (QED) is 0.500. The second kappa shape index (κ2) is 8.67. The lowest BCUT2D eigenvalue weighted by molar-refractivity contribution is -0.132. The highest BCUT2D eigenvalue weighted by molar-refractivity contribution is 5.90. The molecule has 3 rings (SSSR count). The number of carbonyl (C=O) groups is 3. The van der Waals surface area contributed by atoms with E-state index in [0.717, 1.165) is 0 Å². The number of ether oxygens (including phenoxy) is 2. The summed E-state index contributed by atoms with van der Waals surface area (Å²) in [6.45, 7) is -0.232. The molecule has 1 atom stereocenters. The van der Waals surface area contributed by atoms with Gasteiger partial charge in [0.25, 0.3) is 11.8 Å². The van der Waals surface area contributed by atoms with Crippen molar-refractivity contribution in [2.75, 3.05) is 13.2 Å². The first-order valence-electron chi connectivity index (χ1n) is 8.34. The Morgan fingerprint density at radius 2 is 1.82 bits per heavy atom. The molecule has 1 unspecified atom stereocenters. The molecule has 1 aliphatic rings. The van der Waals surface area contributed by atoms with Crippen molar-refractivity contribution in [3.63, 3.8) is 0 Å². The Morgan fingerprint density at radius 3 is 2.54 bits per heavy atom. The predicted octanol–water partition coefficient (Wildman–Crippen LogP) is 0.791. The fraction of sp³-hybridized carbons (Fsp3) is 0.158. The topological polar surface area (TPSA) is 126 Å². The summed E-state index contributed by atoms with van der Waals surface area (Å²) < 4.78 is 11.0. The lowest BCUT2D eigenvalue weighted by Crippen LogP contribution is -2.46. The Kier molecular flexibility index (Phi) is 5.85. The van der Waals surface area contributed by atoms with Gasteiger partial charge in [-0.15, -0.1) is 0 Å². The molecule has 1 heterocycles. The maximum absolute atomic E-state index is 12.1. The number of nitrogens with one attached hydrogen (secondary N) is 2. The van der Waals surface area contributed by atoms with Gasteiger partial charge in [0, 0.05) is 0 Å². The number of carboxylic acids is 1. The lowest BCUT2D eigenvalue weighted by atomic mass is 10.1. The van der Waals surface area contributed by atoms with Crippen molar-refractivity contribution in [2.45, 2.75) is 6.10 Å². The molecular formula is C19H17N3O6. The van der Waals surface area contributed by atoms with Crippen LogP contribution in [0.25, 0.3) is 0 Å². The monoisotopic (exact) mass is 383 g/mol. The number of hydrazone groups is 1. The molecular weight excluding hydrogens is 366 g/mol. The third kappa shape index (κ3) is 4.85. The van der Waals surface area contributed by atoms with Crippen LogP contribution >= 0.6 is 0 Å². The molecule has 0 aliphatic carbocycles. The van der Waals surface area contributed by atoms with Crippen LogP contribution in [0.2, 0.25) is 0 Å². The number of carbonyl (C=O) groups excluding carboxylic acids is 2. The van der Waals surface area contributed by atoms with E-state index in [0.29, 0.717) is 17.1 Å². The van der Waals surface area contributed by atoms with Crippen LogP contribution in [0.15, 0.2) is 53.6 Å². The highest BCUT2D eigenvalue weighted by atomic mass is 16.6. The molecule has 2 amide bonds. The van der Waals surface area contributed by atoms with Crippen molar-refractivity contribution in [3.8, 4) is 11.5 Å². The van der Waals surface area contributed by atoms with Gasteiger partial charge in [0.2, 0.25) is 6.10 Å². The highest BCUT2D eigenvalue weighted by Crippen LogP contribution is 2.30. The SMILES string of the molecule is O=C(CNC(=O)C1COc2ccccc2O1)NN=Cc1ccc(C(=O)O)cc1. The van der Waals surface area contributed by atoms with Crippen molar-refractivity contribution >= 4 is 24.0 Å². The fourth-order valence-electron chi connectivity index (χ4n) is 2.36. The molecule has 0 spiro atoms. The van der Waals surface area contributed by atoms with Crippen LogP contribution in [-0.4, -0.2) is 48.4 Å². The molecule has 2 aromatic rings. The van der Waals surface area contributed by atoms with Crippen molar-refractivity contribution in [1.82, 2.24) is 10.7 Å². The number of aromatic carboxylic acids is 1. The van der Waals surface area contributed by atoms with E-state index in [9.17, 15) is 14.4 Å². The molecule has 144 valence electrons. The summed E-state index contributed by atoms with van der Waals surface area (Å²) >= 11 is 0. The number of carboxylic acid groups (broad SMARTS) is 1. The van der Waals surface area contributed by atoms with Gasteiger partial charge in [-0.1, -0.05) is 24.3 Å². The average molecular weight is 383 g/mol. The molecule has 0 saturated carbocycles. The van der Waals surface area contributed by atoms with Gasteiger partial charge < -0.3 is 19.9 Å². The molecule has 9 heteroatoms. The minimum Gasteiger partial charge on any atom is -0.485 e. The van der Waals surface area contributed by atoms with E-state index >= 15 is 0 Å². The number of amides is 2. The van der Waals surface area contributed by atoms with Crippen LogP contribution in [0.1, 0.15) is 15.9 Å². The molecule has 0 radical (unpaired) electrons. The zero-order valence-corrected chi connectivity index (χ0v) is 14.6. The van der Waals surface area contributed by atoms with Gasteiger partial charge in [-0.25, -0.2) is 10.2 Å². The number of hydrogen-bond acceptors (Lipinski definition) is 6. The van der Waals surface area contributed by atoms with E-state index in [4.69, 9.17) is 14.6 Å². The summed E-state index contributed by atoms with van der Waals surface area (Å²) in [5.41, 5.74) is 3.03. The van der Waals surface area contributed by atoms with E-state index in [1.807, 2.05) is 0 Å². The summed E-state index contributed by atoms with van der Waals surface area (Å²) in [5.74, 6) is -0.989. The van der Waals surface area contributed by atoms with Gasteiger partial charge >= 0.3 is 5.97 Å². The Bertz CT molecular complexity index is 910. The first-order chi connectivity index (χ1) is 13.5. The minimum atomic E-state index is -1.02. The standard InChI is InChI=1S/C19H17N3O6/c23-17(22-21-9-12-5-7-13(8-6-12)19(25)26)10-20-18(24)16-11-27-14-3-1-2-4-15(14)28-16/h1-9,16H,10-11H2,(H,20,24)(H,22,23)(H,25,26). The molecule has 28 heavy (non-hydrogen) atoms. The summed E-state index contributed by atoms with van der Waals surface area (Å²) in [5, 5.41) is 15.0. The Labute approximate surface area is 160 Å². The number of hydrogen-bond donors (Lipinski definition) is 3. The minimum absolute atomic E-state index is 0.0506. The highest BCUT2D eigenvalue weighted by Gasteiger charge is 2.27. The molecule has 0 fully saturated rings. The number of fused-ring (bicyclic) bond motifs is 1. The summed E-state index contributed by atoms with van der Waals surface area (Å²) in [7, 11) is 0. The fourth-order valence-corrected chi connectivity index (χ4v) is 2.36. The Morgan fingerprint density at radius 1 is 1.11 bits per heavy atom. The van der Waals surface area contributed by atoms with Gasteiger partial charge in [-0.05, 0) is 29.8 Å². The lowest BCUT2D eigenvalue weighted by Gasteiger charge is -2.25. The summed E-state index contributed by atoms with van der Waals surface area (Å²) in [4.78, 5) is 34.7. The second-order valence-corrected chi connectivity index (χ2v) is 5.80. The van der Waals surface area contributed by atoms with Crippen molar-refractivity contribution < 1.29 is 29.0 Å². The van der Waals surface area contributed by atoms with Crippen LogP contribution in [0.3, 0.4) is 0 Å². The van der Waals surface area contributed by atoms with Gasteiger partial charge in [-0.2, -0.15) is 5.10 Å². The van der Waals surface area contributed by atoms with Crippen LogP contribution in [0.4, 0.5) is 0 Å². The summed E-state index contributed by atoms with van der Waals surface area (Å²) in [6, 6.07) is 13.0. The Balaban J connectivity index is 1.43. The first-order valence-corrected chi connectivity index (χ1v) is 8.34. The first kappa shape index (κ1) is 18.9. The molecule has 1 aliphatic heterocycles. The third-order valence-electron chi connectivity index (χ3n) is 3.78. The van der Waals surface area contributed by atoms with Crippen LogP contribution in [0.5, 0.6) is 11.5 Å². The van der Waals surface area contributed by atoms with Crippen LogP contribution in [-0.2, 0) is 9.59 Å². The molecule has 0 bridgehead atoms. The van der Waals surface area contributed by atoms with Gasteiger partial charge in [0.05, 0.1) is 18.3 Å². The zero-order valence-electron chi connectivity index (χ0n) is 14.6. The van der Waals surface area contributed by atoms with Crippen LogP contribution in [0, 0.1) is 0 Å². The number of para-hydroxylation sites is 2. The molecule has 9 nitrogen and oxygen atoms in total. The molecule has 2 aromatic carbocycles. The number of benzene rings is 2. The van der Waals surface area contributed by atoms with Gasteiger partial charge in [0.1, 0.15) is 6.61 Å². The van der Waals surface area contributed by atoms with E-state index in [1.165, 1.54) is 18.3 Å². The predicted molar refractivity (Wildman–Crippen MR) is 98.5 cm³/mol. The molecule has 0 aromatic heterocycles. The Hall–Kier alpha value is -3.88. The van der Waals surface area contributed by atoms with Crippen LogP contribution < -0.4 is 20.2 Å². The van der Waals surface area contributed by atoms with Crippen molar-refractivity contribution in [2.24, 2.45) is 5.10 Å². The maximum atomic E-state index is 12.1. The smallest absolute Gasteiger partial charge is 0.335 e. The van der Waals surface area contributed by atoms with Gasteiger partial charge in [-0.3, -0.25) is 9.59 Å². The van der Waals surface area contributed by atoms with Gasteiger partial charge in [0.15, 0.2) is 11.5 Å². The van der Waals surface area contributed by atoms with E-state index in [-0.39, 0.29) is 18.7 Å². The van der Waals surface area contributed by atoms with E-state index < -0.39 is 23.9 Å². The number of rotatable bonds is 6. The third-order valence-corrected chi connectivity index (χ3v) is 3.78. The molecule has 3 N–H and O–H groups in total. The maximum Gasteiger partial charge on any atom is 0.335 e. The number of nitrogens with zero attached hydrogens (tertiary/aromatic N) is 1. The zero-order chi connectivity index (χ0) is 19.9. The second-order valence-electron chi connectivity index (χ2n) is 5.80. The normalized spacial score (nSPS) is 15.1. The van der Waals surface area contributed by atoms with E-state index in [1.54, 1.807) is 36.4 Å².